The van der Waals surface area contributed by atoms with Crippen LogP contribution in [0.2, 0.25) is 0 Å². The monoisotopic (exact) mass is 362 g/mol. The quantitative estimate of drug-likeness (QED) is 0.663. The molecule has 0 saturated heterocycles. The summed E-state index contributed by atoms with van der Waals surface area (Å²) in [7, 11) is 0. The van der Waals surface area contributed by atoms with Crippen LogP contribution in [-0.4, -0.2) is 27.2 Å². The Morgan fingerprint density at radius 2 is 1.96 bits per heavy atom. The highest BCUT2D eigenvalue weighted by atomic mass is 16.3. The van der Waals surface area contributed by atoms with Crippen molar-refractivity contribution in [1.82, 2.24) is 10.3 Å². The van der Waals surface area contributed by atoms with Crippen LogP contribution >= 0.6 is 0 Å². The summed E-state index contributed by atoms with van der Waals surface area (Å²) in [5, 5.41) is 23.9. The highest BCUT2D eigenvalue weighted by Gasteiger charge is 2.36. The number of phenols is 1. The average Bonchev–Trinajstić information content (AvgIpc) is 2.65. The second-order valence-corrected chi connectivity index (χ2v) is 7.32. The lowest BCUT2D eigenvalue weighted by atomic mass is 9.75. The average molecular weight is 362 g/mol. The van der Waals surface area contributed by atoms with Gasteiger partial charge >= 0.3 is 0 Å². The lowest BCUT2D eigenvalue weighted by Crippen LogP contribution is -2.41. The number of para-hydroxylation sites is 1. The summed E-state index contributed by atoms with van der Waals surface area (Å²) in [6, 6.07) is 14.6. The van der Waals surface area contributed by atoms with E-state index in [9.17, 15) is 15.0 Å². The molecule has 1 saturated carbocycles. The van der Waals surface area contributed by atoms with Crippen LogP contribution in [0.4, 0.5) is 0 Å². The van der Waals surface area contributed by atoms with Crippen molar-refractivity contribution in [2.24, 2.45) is 5.92 Å². The fourth-order valence-corrected chi connectivity index (χ4v) is 3.68. The van der Waals surface area contributed by atoms with Crippen LogP contribution in [0.15, 0.2) is 54.7 Å². The molecule has 1 atom stereocenters. The molecule has 1 heterocycles. The third kappa shape index (κ3) is 3.51. The largest absolute Gasteiger partial charge is 0.507 e. The molecule has 5 heteroatoms. The predicted molar refractivity (Wildman–Crippen MR) is 104 cm³/mol. The van der Waals surface area contributed by atoms with E-state index in [1.165, 1.54) is 6.07 Å². The van der Waals surface area contributed by atoms with Crippen LogP contribution in [-0.2, 0) is 0 Å². The minimum absolute atomic E-state index is 0.0397. The van der Waals surface area contributed by atoms with Gasteiger partial charge in [0.15, 0.2) is 0 Å². The van der Waals surface area contributed by atoms with Gasteiger partial charge in [0.2, 0.25) is 0 Å². The van der Waals surface area contributed by atoms with Gasteiger partial charge in [0.1, 0.15) is 5.75 Å². The number of aliphatic hydroxyl groups is 1. The first kappa shape index (κ1) is 17.5. The fraction of sp³-hybridized carbons (Fsp3) is 0.273. The molecule has 1 aliphatic carbocycles. The summed E-state index contributed by atoms with van der Waals surface area (Å²) in [4.78, 5) is 17.3. The lowest BCUT2D eigenvalue weighted by Gasteiger charge is -2.38. The predicted octanol–water partition coefficient (Wildman–Crippen LogP) is 3.49. The zero-order valence-electron chi connectivity index (χ0n) is 15.1. The van der Waals surface area contributed by atoms with E-state index >= 15 is 0 Å². The molecule has 0 spiro atoms. The number of carbonyl (C=O) groups excluding carboxylic acids is 1. The van der Waals surface area contributed by atoms with Crippen molar-refractivity contribution in [3.8, 4) is 5.75 Å². The number of hydrogen-bond acceptors (Lipinski definition) is 4. The Morgan fingerprint density at radius 1 is 1.19 bits per heavy atom. The summed E-state index contributed by atoms with van der Waals surface area (Å²) in [6.07, 6.45) is 2.73. The van der Waals surface area contributed by atoms with Crippen LogP contribution in [0.25, 0.3) is 10.9 Å². The van der Waals surface area contributed by atoms with Crippen molar-refractivity contribution in [2.75, 3.05) is 0 Å². The van der Waals surface area contributed by atoms with Gasteiger partial charge in [0, 0.05) is 11.6 Å². The number of rotatable bonds is 4. The Labute approximate surface area is 157 Å². The normalized spacial score (nSPS) is 20.1. The van der Waals surface area contributed by atoms with Gasteiger partial charge in [-0.2, -0.15) is 0 Å². The maximum Gasteiger partial charge on any atom is 0.255 e. The number of aromatic nitrogens is 1. The maximum absolute atomic E-state index is 12.8. The summed E-state index contributed by atoms with van der Waals surface area (Å²) in [5.74, 6) is -0.225. The van der Waals surface area contributed by atoms with E-state index in [2.05, 4.69) is 10.3 Å². The molecule has 0 unspecified atom stereocenters. The van der Waals surface area contributed by atoms with Crippen molar-refractivity contribution >= 4 is 16.8 Å². The number of aromatic hydroxyl groups is 1. The lowest BCUT2D eigenvalue weighted by molar-refractivity contribution is 0.0234. The van der Waals surface area contributed by atoms with Crippen LogP contribution in [0.3, 0.4) is 0 Å². The molecule has 1 fully saturated rings. The van der Waals surface area contributed by atoms with Gasteiger partial charge in [-0.05, 0) is 55.5 Å². The molecule has 0 radical (unpaired) electrons. The molecule has 27 heavy (non-hydrogen) atoms. The molecular weight excluding hydrogens is 340 g/mol. The Bertz CT molecular complexity index is 996. The van der Waals surface area contributed by atoms with E-state index in [0.29, 0.717) is 12.8 Å². The van der Waals surface area contributed by atoms with Crippen LogP contribution < -0.4 is 5.32 Å². The van der Waals surface area contributed by atoms with Crippen molar-refractivity contribution < 1.29 is 15.0 Å². The molecular formula is C22H22N2O3. The third-order valence-corrected chi connectivity index (χ3v) is 5.28. The fourth-order valence-electron chi connectivity index (χ4n) is 3.68. The van der Waals surface area contributed by atoms with E-state index in [-0.39, 0.29) is 35.3 Å². The van der Waals surface area contributed by atoms with Gasteiger partial charge < -0.3 is 15.5 Å². The summed E-state index contributed by atoms with van der Waals surface area (Å²) in [5.41, 5.74) is 2.97. The highest BCUT2D eigenvalue weighted by molar-refractivity contribution is 5.97. The summed E-state index contributed by atoms with van der Waals surface area (Å²) >= 11 is 0. The molecule has 1 aromatic heterocycles. The first-order valence-corrected chi connectivity index (χ1v) is 9.14. The number of carbonyl (C=O) groups is 1. The number of nitrogens with one attached hydrogen (secondary N) is 1. The number of hydrogen-bond donors (Lipinski definition) is 3. The van der Waals surface area contributed by atoms with Gasteiger partial charge in [-0.15, -0.1) is 0 Å². The number of benzene rings is 2. The number of pyridine rings is 1. The van der Waals surface area contributed by atoms with Crippen molar-refractivity contribution in [2.45, 2.75) is 31.9 Å². The molecule has 0 bridgehead atoms. The minimum atomic E-state index is -0.324. The Hall–Kier alpha value is -2.92. The van der Waals surface area contributed by atoms with Gasteiger partial charge in [-0.25, -0.2) is 0 Å². The van der Waals surface area contributed by atoms with E-state index < -0.39 is 0 Å². The van der Waals surface area contributed by atoms with Gasteiger partial charge in [-0.1, -0.05) is 29.8 Å². The van der Waals surface area contributed by atoms with E-state index in [1.54, 1.807) is 18.3 Å². The highest BCUT2D eigenvalue weighted by Crippen LogP contribution is 2.39. The molecule has 5 nitrogen and oxygen atoms in total. The van der Waals surface area contributed by atoms with Crippen LogP contribution in [0, 0.1) is 12.8 Å². The number of fused-ring (bicyclic) bond motifs is 1. The summed E-state index contributed by atoms with van der Waals surface area (Å²) < 4.78 is 0. The molecule has 1 amide bonds. The van der Waals surface area contributed by atoms with Crippen molar-refractivity contribution in [1.29, 1.82) is 0 Å². The molecule has 0 aliphatic heterocycles. The standard InChI is InChI=1S/C22H22N2O3/c1-13-6-7-20(26)18(8-13)22(27)24-21(15-10-17(25)11-15)16-9-14-4-2-3-5-19(14)23-12-16/h2-9,12,15,17,21,25-26H,10-11H2,1H3,(H,24,27)/t15?,17?,21-/m1/s1. The van der Waals surface area contributed by atoms with E-state index in [0.717, 1.165) is 22.0 Å². The Balaban J connectivity index is 1.66. The minimum Gasteiger partial charge on any atom is -0.507 e. The number of nitrogens with zero attached hydrogens (tertiary/aromatic N) is 1. The zero-order chi connectivity index (χ0) is 19.0. The van der Waals surface area contributed by atoms with E-state index in [1.807, 2.05) is 37.3 Å². The zero-order valence-corrected chi connectivity index (χ0v) is 15.1. The van der Waals surface area contributed by atoms with Crippen molar-refractivity contribution in [3.05, 3.63) is 71.4 Å². The van der Waals surface area contributed by atoms with Gasteiger partial charge in [0.05, 0.1) is 23.2 Å². The Morgan fingerprint density at radius 3 is 2.74 bits per heavy atom. The summed E-state index contributed by atoms with van der Waals surface area (Å²) in [6.45, 7) is 1.88. The van der Waals surface area contributed by atoms with Gasteiger partial charge in [0.25, 0.3) is 5.91 Å². The number of aryl methyl sites for hydroxylation is 1. The Kier molecular flexibility index (Phi) is 4.54. The first-order valence-electron chi connectivity index (χ1n) is 9.14. The van der Waals surface area contributed by atoms with Crippen LogP contribution in [0.1, 0.15) is 40.4 Å². The molecule has 138 valence electrons. The second kappa shape index (κ2) is 7.00. The first-order chi connectivity index (χ1) is 13.0. The maximum atomic E-state index is 12.8. The molecule has 4 rings (SSSR count). The number of phenolic OH excluding ortho intramolecular Hbond substituents is 1. The van der Waals surface area contributed by atoms with Crippen LogP contribution in [0.5, 0.6) is 5.75 Å². The smallest absolute Gasteiger partial charge is 0.255 e. The number of aliphatic hydroxyl groups excluding tert-OH is 1. The second-order valence-electron chi connectivity index (χ2n) is 7.32. The number of amides is 1. The topological polar surface area (TPSA) is 82.5 Å². The molecule has 3 aromatic rings. The molecule has 3 N–H and O–H groups in total. The molecule has 2 aromatic carbocycles. The third-order valence-electron chi connectivity index (χ3n) is 5.28. The van der Waals surface area contributed by atoms with Gasteiger partial charge in [-0.3, -0.25) is 9.78 Å². The SMILES string of the molecule is Cc1ccc(O)c(C(=O)N[C@@H](c2cnc3ccccc3c2)C2CC(O)C2)c1. The van der Waals surface area contributed by atoms with Crippen molar-refractivity contribution in [3.63, 3.8) is 0 Å². The molecule has 1 aliphatic rings. The van der Waals surface area contributed by atoms with E-state index in [4.69, 9.17) is 0 Å².